The van der Waals surface area contributed by atoms with Gasteiger partial charge in [-0.3, -0.25) is 4.90 Å². The van der Waals surface area contributed by atoms with Crippen LogP contribution in [0, 0.1) is 6.92 Å². The van der Waals surface area contributed by atoms with E-state index in [4.69, 9.17) is 4.74 Å². The number of β-amino-alcohol motifs (C(OH)–C–C–N with tert-alkyl or cyclic N) is 1. The minimum atomic E-state index is -0.433. The maximum Gasteiger partial charge on any atom is 0.122 e. The first kappa shape index (κ1) is 15.3. The highest BCUT2D eigenvalue weighted by Gasteiger charge is 2.26. The van der Waals surface area contributed by atoms with E-state index in [0.717, 1.165) is 11.3 Å². The summed E-state index contributed by atoms with van der Waals surface area (Å²) in [5.41, 5.74) is 1.11. The first-order valence-corrected chi connectivity index (χ1v) is 7.70. The molecule has 0 aromatic heterocycles. The van der Waals surface area contributed by atoms with Crippen molar-refractivity contribution in [3.8, 4) is 5.75 Å². The molecule has 0 spiro atoms. The van der Waals surface area contributed by atoms with E-state index in [2.05, 4.69) is 18.7 Å². The molecule has 2 rings (SSSR count). The zero-order valence-electron chi connectivity index (χ0n) is 12.9. The summed E-state index contributed by atoms with van der Waals surface area (Å²) in [4.78, 5) is 2.41. The second-order valence-corrected chi connectivity index (χ2v) is 6.06. The summed E-state index contributed by atoms with van der Waals surface area (Å²) in [5.74, 6) is 0.867. The molecule has 112 valence electrons. The molecule has 3 nitrogen and oxygen atoms in total. The normalized spacial score (nSPS) is 25.4. The molecular formula is C17H27NO2. The van der Waals surface area contributed by atoms with Gasteiger partial charge in [0.05, 0.1) is 0 Å². The van der Waals surface area contributed by atoms with E-state index in [1.165, 1.54) is 19.3 Å². The molecule has 20 heavy (non-hydrogen) atoms. The average molecular weight is 277 g/mol. The van der Waals surface area contributed by atoms with Gasteiger partial charge in [-0.1, -0.05) is 24.6 Å². The van der Waals surface area contributed by atoms with E-state index < -0.39 is 6.10 Å². The smallest absolute Gasteiger partial charge is 0.122 e. The van der Waals surface area contributed by atoms with Gasteiger partial charge in [-0.2, -0.15) is 0 Å². The Hall–Kier alpha value is -1.06. The van der Waals surface area contributed by atoms with Crippen LogP contribution in [0.25, 0.3) is 0 Å². The Morgan fingerprint density at radius 3 is 2.55 bits per heavy atom. The molecule has 0 bridgehead atoms. The van der Waals surface area contributed by atoms with Crippen molar-refractivity contribution in [1.29, 1.82) is 0 Å². The van der Waals surface area contributed by atoms with Crippen LogP contribution in [0.15, 0.2) is 24.3 Å². The Morgan fingerprint density at radius 2 is 1.90 bits per heavy atom. The topological polar surface area (TPSA) is 32.7 Å². The summed E-state index contributed by atoms with van der Waals surface area (Å²) in [6.07, 6.45) is 3.33. The van der Waals surface area contributed by atoms with Crippen LogP contribution in [0.5, 0.6) is 5.75 Å². The number of para-hydroxylation sites is 1. The molecule has 1 aliphatic rings. The summed E-state index contributed by atoms with van der Waals surface area (Å²) in [6.45, 7) is 7.60. The molecule has 0 saturated carbocycles. The van der Waals surface area contributed by atoms with Gasteiger partial charge in [-0.15, -0.1) is 0 Å². The maximum atomic E-state index is 10.2. The Kier molecular flexibility index (Phi) is 5.44. The largest absolute Gasteiger partial charge is 0.491 e. The Balaban J connectivity index is 1.83. The third-order valence-corrected chi connectivity index (χ3v) is 4.32. The SMILES string of the molecule is Cc1ccccc1OC[C@H](O)CN1[C@H](C)CCC[C@@H]1C. The van der Waals surface area contributed by atoms with Crippen LogP contribution in [0.4, 0.5) is 0 Å². The number of nitrogens with zero attached hydrogens (tertiary/aromatic N) is 1. The average Bonchev–Trinajstić information content (AvgIpc) is 2.42. The predicted octanol–water partition coefficient (Wildman–Crippen LogP) is 3.00. The monoisotopic (exact) mass is 277 g/mol. The fourth-order valence-electron chi connectivity index (χ4n) is 3.04. The number of hydrogen-bond acceptors (Lipinski definition) is 3. The Labute approximate surface area is 122 Å². The van der Waals surface area contributed by atoms with Crippen LogP contribution in [0.3, 0.4) is 0 Å². The number of ether oxygens (including phenoxy) is 1. The fraction of sp³-hybridized carbons (Fsp3) is 0.647. The van der Waals surface area contributed by atoms with Crippen molar-refractivity contribution in [2.75, 3.05) is 13.2 Å². The molecule has 1 aromatic carbocycles. The van der Waals surface area contributed by atoms with Crippen molar-refractivity contribution in [2.45, 2.75) is 58.2 Å². The third kappa shape index (κ3) is 3.97. The van der Waals surface area contributed by atoms with Crippen molar-refractivity contribution in [1.82, 2.24) is 4.90 Å². The second kappa shape index (κ2) is 7.09. The summed E-state index contributed by atoms with van der Waals surface area (Å²) >= 11 is 0. The van der Waals surface area contributed by atoms with Gasteiger partial charge < -0.3 is 9.84 Å². The third-order valence-electron chi connectivity index (χ3n) is 4.32. The van der Waals surface area contributed by atoms with Gasteiger partial charge >= 0.3 is 0 Å². The number of aliphatic hydroxyl groups is 1. The number of aliphatic hydroxyl groups excluding tert-OH is 1. The van der Waals surface area contributed by atoms with Crippen molar-refractivity contribution >= 4 is 0 Å². The number of hydrogen-bond donors (Lipinski definition) is 1. The van der Waals surface area contributed by atoms with E-state index >= 15 is 0 Å². The highest BCUT2D eigenvalue weighted by molar-refractivity contribution is 5.31. The van der Waals surface area contributed by atoms with E-state index in [9.17, 15) is 5.11 Å². The molecule has 1 aliphatic heterocycles. The molecule has 1 aromatic rings. The Bertz CT molecular complexity index is 411. The van der Waals surface area contributed by atoms with Crippen molar-refractivity contribution in [3.63, 3.8) is 0 Å². The van der Waals surface area contributed by atoms with Crippen LogP contribution < -0.4 is 4.74 Å². The molecular weight excluding hydrogens is 250 g/mol. The van der Waals surface area contributed by atoms with Crippen LogP contribution >= 0.6 is 0 Å². The van der Waals surface area contributed by atoms with Gasteiger partial charge in [0.1, 0.15) is 18.5 Å². The van der Waals surface area contributed by atoms with Crippen LogP contribution in [0.2, 0.25) is 0 Å². The molecule has 1 N–H and O–H groups in total. The van der Waals surface area contributed by atoms with Crippen molar-refractivity contribution in [3.05, 3.63) is 29.8 Å². The number of aryl methyl sites for hydroxylation is 1. The lowest BCUT2D eigenvalue weighted by molar-refractivity contribution is 0.0208. The molecule has 0 radical (unpaired) electrons. The van der Waals surface area contributed by atoms with Crippen molar-refractivity contribution < 1.29 is 9.84 Å². The highest BCUT2D eigenvalue weighted by atomic mass is 16.5. The van der Waals surface area contributed by atoms with Crippen LogP contribution in [0.1, 0.15) is 38.7 Å². The van der Waals surface area contributed by atoms with E-state index in [1.807, 2.05) is 31.2 Å². The minimum Gasteiger partial charge on any atom is -0.491 e. The van der Waals surface area contributed by atoms with Gasteiger partial charge in [-0.05, 0) is 45.2 Å². The lowest BCUT2D eigenvalue weighted by atomic mass is 9.97. The highest BCUT2D eigenvalue weighted by Crippen LogP contribution is 2.23. The standard InChI is InChI=1S/C17H27NO2/c1-13-7-4-5-10-17(13)20-12-16(19)11-18-14(2)8-6-9-15(18)3/h4-5,7,10,14-16,19H,6,8-9,11-12H2,1-3H3/t14-,15+,16-/m1/s1. The van der Waals surface area contributed by atoms with E-state index in [-0.39, 0.29) is 0 Å². The number of benzene rings is 1. The molecule has 1 heterocycles. The fourth-order valence-corrected chi connectivity index (χ4v) is 3.04. The number of rotatable bonds is 5. The molecule has 3 atom stereocenters. The number of likely N-dealkylation sites (tertiary alicyclic amines) is 1. The first-order chi connectivity index (χ1) is 9.58. The first-order valence-electron chi connectivity index (χ1n) is 7.70. The zero-order valence-corrected chi connectivity index (χ0v) is 12.9. The summed E-state index contributed by atoms with van der Waals surface area (Å²) in [7, 11) is 0. The predicted molar refractivity (Wildman–Crippen MR) is 82.2 cm³/mol. The van der Waals surface area contributed by atoms with Gasteiger partial charge in [0.2, 0.25) is 0 Å². The minimum absolute atomic E-state index is 0.362. The maximum absolute atomic E-state index is 10.2. The summed E-state index contributed by atoms with van der Waals surface area (Å²) in [5, 5.41) is 10.2. The summed E-state index contributed by atoms with van der Waals surface area (Å²) < 4.78 is 5.73. The van der Waals surface area contributed by atoms with Crippen molar-refractivity contribution in [2.24, 2.45) is 0 Å². The molecule has 0 unspecified atom stereocenters. The number of piperidine rings is 1. The molecule has 1 saturated heterocycles. The van der Waals surface area contributed by atoms with E-state index in [1.54, 1.807) is 0 Å². The van der Waals surface area contributed by atoms with Gasteiger partial charge in [-0.25, -0.2) is 0 Å². The van der Waals surface area contributed by atoms with Crippen LogP contribution in [-0.2, 0) is 0 Å². The van der Waals surface area contributed by atoms with E-state index in [0.29, 0.717) is 25.2 Å². The summed E-state index contributed by atoms with van der Waals surface area (Å²) in [6, 6.07) is 9.06. The second-order valence-electron chi connectivity index (χ2n) is 6.06. The quantitative estimate of drug-likeness (QED) is 0.898. The molecule has 0 aliphatic carbocycles. The van der Waals surface area contributed by atoms with Crippen LogP contribution in [-0.4, -0.2) is 41.3 Å². The molecule has 3 heteroatoms. The lowest BCUT2D eigenvalue weighted by Crippen LogP contribution is -2.48. The Morgan fingerprint density at radius 1 is 1.25 bits per heavy atom. The van der Waals surface area contributed by atoms with Gasteiger partial charge in [0.15, 0.2) is 0 Å². The molecule has 1 fully saturated rings. The zero-order chi connectivity index (χ0) is 14.5. The van der Waals surface area contributed by atoms with Gasteiger partial charge in [0.25, 0.3) is 0 Å². The molecule has 0 amide bonds. The van der Waals surface area contributed by atoms with Gasteiger partial charge in [0, 0.05) is 18.6 Å². The lowest BCUT2D eigenvalue weighted by Gasteiger charge is -2.40.